The topological polar surface area (TPSA) is 99.7 Å². The highest BCUT2D eigenvalue weighted by atomic mass is 19.4. The Morgan fingerprint density at radius 3 is 2.51 bits per heavy atom. The van der Waals surface area contributed by atoms with E-state index in [0.717, 1.165) is 18.2 Å². The molecule has 0 unspecified atom stereocenters. The fourth-order valence-electron chi connectivity index (χ4n) is 5.83. The van der Waals surface area contributed by atoms with Gasteiger partial charge in [-0.2, -0.15) is 13.2 Å². The molecule has 0 spiro atoms. The summed E-state index contributed by atoms with van der Waals surface area (Å²) in [5.74, 6) is -1.81. The Balaban J connectivity index is 1.44. The van der Waals surface area contributed by atoms with Gasteiger partial charge in [-0.1, -0.05) is 18.2 Å². The molecule has 0 bridgehead atoms. The van der Waals surface area contributed by atoms with E-state index in [0.29, 0.717) is 50.9 Å². The molecule has 7 nitrogen and oxygen atoms in total. The van der Waals surface area contributed by atoms with E-state index >= 15 is 0 Å². The Hall–Kier alpha value is -3.02. The number of carbonyl (C=O) groups excluding carboxylic acids is 2. The third-order valence-electron chi connectivity index (χ3n) is 7.83. The molecule has 2 atom stereocenters. The average Bonchev–Trinajstić information content (AvgIpc) is 3.30. The summed E-state index contributed by atoms with van der Waals surface area (Å²) in [4.78, 5) is 25.6. The molecule has 1 aliphatic carbocycles. The van der Waals surface area contributed by atoms with E-state index in [1.807, 2.05) is 6.92 Å². The minimum Gasteiger partial charge on any atom is -0.385 e. The molecule has 212 valence electrons. The molecule has 4 N–H and O–H groups in total. The highest BCUT2D eigenvalue weighted by molar-refractivity contribution is 5.96. The van der Waals surface area contributed by atoms with Crippen LogP contribution in [0.1, 0.15) is 54.1 Å². The lowest BCUT2D eigenvalue weighted by Crippen LogP contribution is -2.64. The summed E-state index contributed by atoms with van der Waals surface area (Å²) in [6.07, 6.45) is -3.15. The first-order chi connectivity index (χ1) is 18.5. The molecule has 39 heavy (non-hydrogen) atoms. The van der Waals surface area contributed by atoms with E-state index in [-0.39, 0.29) is 17.6 Å². The van der Waals surface area contributed by atoms with Crippen LogP contribution in [0.3, 0.4) is 0 Å². The zero-order chi connectivity index (χ0) is 28.3. The van der Waals surface area contributed by atoms with Gasteiger partial charge in [-0.05, 0) is 74.4 Å². The Kier molecular flexibility index (Phi) is 8.63. The maximum Gasteiger partial charge on any atom is 0.416 e. The number of hydrogen-bond acceptors (Lipinski definition) is 5. The molecule has 2 amide bonds. The van der Waals surface area contributed by atoms with Crippen molar-refractivity contribution in [2.75, 3.05) is 26.2 Å². The van der Waals surface area contributed by atoms with Crippen LogP contribution in [0, 0.1) is 11.7 Å². The zero-order valence-corrected chi connectivity index (χ0v) is 21.6. The van der Waals surface area contributed by atoms with Gasteiger partial charge < -0.3 is 25.8 Å². The van der Waals surface area contributed by atoms with Gasteiger partial charge in [0.1, 0.15) is 5.82 Å². The molecule has 2 aliphatic rings. The summed E-state index contributed by atoms with van der Waals surface area (Å²) in [6.45, 7) is 2.74. The van der Waals surface area contributed by atoms with Crippen LogP contribution >= 0.6 is 0 Å². The van der Waals surface area contributed by atoms with E-state index in [1.165, 1.54) is 18.2 Å². The van der Waals surface area contributed by atoms with Crippen molar-refractivity contribution < 1.29 is 37.0 Å². The van der Waals surface area contributed by atoms with Crippen LogP contribution in [-0.2, 0) is 21.3 Å². The molecular formula is C28H33F4N3O4. The van der Waals surface area contributed by atoms with Crippen molar-refractivity contribution in [3.8, 4) is 0 Å². The number of alkyl halides is 3. The smallest absolute Gasteiger partial charge is 0.385 e. The fraction of sp³-hybridized carbons (Fsp3) is 0.500. The van der Waals surface area contributed by atoms with E-state index in [2.05, 4.69) is 16.0 Å². The molecule has 0 radical (unpaired) electrons. The second-order valence-electron chi connectivity index (χ2n) is 10.2. The molecule has 1 saturated carbocycles. The maximum atomic E-state index is 13.8. The molecule has 1 saturated heterocycles. The van der Waals surface area contributed by atoms with Crippen molar-refractivity contribution in [3.05, 3.63) is 71.0 Å². The first-order valence-corrected chi connectivity index (χ1v) is 13.0. The first kappa shape index (κ1) is 29.0. The van der Waals surface area contributed by atoms with E-state index < -0.39 is 47.1 Å². The minimum absolute atomic E-state index is 0.0824. The third-order valence-corrected chi connectivity index (χ3v) is 7.83. The van der Waals surface area contributed by atoms with E-state index in [1.54, 1.807) is 12.1 Å². The molecular weight excluding hydrogens is 518 g/mol. The Morgan fingerprint density at radius 2 is 1.85 bits per heavy atom. The highest BCUT2D eigenvalue weighted by Crippen LogP contribution is 2.45. The van der Waals surface area contributed by atoms with Gasteiger partial charge in [0.25, 0.3) is 5.91 Å². The monoisotopic (exact) mass is 551 g/mol. The second-order valence-corrected chi connectivity index (χ2v) is 10.2. The summed E-state index contributed by atoms with van der Waals surface area (Å²) in [5, 5.41) is 20.0. The molecule has 4 rings (SSSR count). The van der Waals surface area contributed by atoms with Gasteiger partial charge in [0.2, 0.25) is 5.91 Å². The van der Waals surface area contributed by atoms with Gasteiger partial charge in [-0.25, -0.2) is 4.39 Å². The van der Waals surface area contributed by atoms with Gasteiger partial charge >= 0.3 is 6.18 Å². The predicted molar refractivity (Wildman–Crippen MR) is 135 cm³/mol. The Bertz CT molecular complexity index is 1180. The van der Waals surface area contributed by atoms with Crippen LogP contribution in [-0.4, -0.2) is 54.8 Å². The van der Waals surface area contributed by atoms with Crippen LogP contribution < -0.4 is 16.0 Å². The summed E-state index contributed by atoms with van der Waals surface area (Å²) in [6, 6.07) is 9.92. The van der Waals surface area contributed by atoms with Crippen LogP contribution in [0.4, 0.5) is 17.6 Å². The van der Waals surface area contributed by atoms with Gasteiger partial charge in [-0.15, -0.1) is 0 Å². The van der Waals surface area contributed by atoms with Crippen LogP contribution in [0.2, 0.25) is 0 Å². The number of aliphatic hydroxyl groups is 1. The minimum atomic E-state index is -4.59. The van der Waals surface area contributed by atoms with Gasteiger partial charge in [0.15, 0.2) is 0 Å². The first-order valence-electron chi connectivity index (χ1n) is 13.0. The molecule has 2 aromatic carbocycles. The van der Waals surface area contributed by atoms with Gasteiger partial charge in [0.05, 0.1) is 29.4 Å². The van der Waals surface area contributed by atoms with Crippen molar-refractivity contribution in [2.24, 2.45) is 5.92 Å². The highest BCUT2D eigenvalue weighted by Gasteiger charge is 2.52. The largest absolute Gasteiger partial charge is 0.416 e. The van der Waals surface area contributed by atoms with Crippen LogP contribution in [0.5, 0.6) is 0 Å². The van der Waals surface area contributed by atoms with E-state index in [9.17, 15) is 32.3 Å². The third kappa shape index (κ3) is 6.42. The predicted octanol–water partition coefficient (Wildman–Crippen LogP) is 3.52. The zero-order valence-electron chi connectivity index (χ0n) is 21.6. The molecule has 11 heteroatoms. The van der Waals surface area contributed by atoms with Gasteiger partial charge in [-0.3, -0.25) is 9.59 Å². The molecule has 2 fully saturated rings. The summed E-state index contributed by atoms with van der Waals surface area (Å²) < 4.78 is 58.8. The lowest BCUT2D eigenvalue weighted by Gasteiger charge is -2.47. The Morgan fingerprint density at radius 1 is 1.13 bits per heavy atom. The molecule has 1 heterocycles. The normalized spacial score (nSPS) is 27.2. The summed E-state index contributed by atoms with van der Waals surface area (Å²) in [7, 11) is 0. The fourth-order valence-corrected chi connectivity index (χ4v) is 5.83. The number of nitrogens with one attached hydrogen (secondary N) is 3. The summed E-state index contributed by atoms with van der Waals surface area (Å²) in [5.41, 5.74) is -2.65. The lowest BCUT2D eigenvalue weighted by molar-refractivity contribution is -0.137. The quantitative estimate of drug-likeness (QED) is 0.377. The van der Waals surface area contributed by atoms with Crippen molar-refractivity contribution in [2.45, 2.75) is 56.0 Å². The number of ether oxygens (including phenoxy) is 1. The SMILES string of the molecule is CCO[C@H]1CNC[C@@]1(NC(=O)CNC(=O)c1cccc(C(F)(F)F)c1)C1CCC(O)(c2cccc(F)c2)CC1. The number of carbonyl (C=O) groups is 2. The number of halogens is 4. The second kappa shape index (κ2) is 11.6. The van der Waals surface area contributed by atoms with Crippen molar-refractivity contribution >= 4 is 11.8 Å². The maximum absolute atomic E-state index is 13.8. The van der Waals surface area contributed by atoms with Crippen LogP contribution in [0.25, 0.3) is 0 Å². The number of rotatable bonds is 8. The van der Waals surface area contributed by atoms with Gasteiger partial charge in [0, 0.05) is 25.3 Å². The van der Waals surface area contributed by atoms with Crippen LogP contribution in [0.15, 0.2) is 48.5 Å². The number of hydrogen-bond donors (Lipinski definition) is 4. The molecule has 2 aromatic rings. The standard InChI is InChI=1S/C28H33F4N3O4/c1-2-39-23-15-33-17-27(23,19-9-11-26(38,12-10-19)20-6-4-8-22(29)14-20)35-24(36)16-34-25(37)18-5-3-7-21(13-18)28(30,31)32/h3-8,13-14,19,23,33,38H,2,9-12,15-17H2,1H3,(H,34,37)(H,35,36)/t19?,23-,26?,27+/m0/s1. The van der Waals surface area contributed by atoms with Crippen molar-refractivity contribution in [1.29, 1.82) is 0 Å². The van der Waals surface area contributed by atoms with Crippen molar-refractivity contribution in [3.63, 3.8) is 0 Å². The molecule has 0 aromatic heterocycles. The number of benzene rings is 2. The Labute approximate surface area is 224 Å². The van der Waals surface area contributed by atoms with Crippen molar-refractivity contribution in [1.82, 2.24) is 16.0 Å². The summed E-state index contributed by atoms with van der Waals surface area (Å²) >= 11 is 0. The van der Waals surface area contributed by atoms with E-state index in [4.69, 9.17) is 4.74 Å². The molecule has 1 aliphatic heterocycles. The average molecular weight is 552 g/mol. The number of amides is 2. The lowest BCUT2D eigenvalue weighted by atomic mass is 9.67.